The molecule has 0 heterocycles. The minimum Gasteiger partial charge on any atom is -0.396 e. The molecule has 0 aromatic rings. The van der Waals surface area contributed by atoms with Crippen LogP contribution >= 0.6 is 0 Å². The molecule has 4 nitrogen and oxygen atoms in total. The molecule has 4 heteroatoms. The summed E-state index contributed by atoms with van der Waals surface area (Å²) in [5, 5.41) is 34.3. The second-order valence-corrected chi connectivity index (χ2v) is 3.87. The zero-order chi connectivity index (χ0) is 12.3. The average molecular weight is 230 g/mol. The zero-order valence-corrected chi connectivity index (χ0v) is 9.65. The van der Waals surface area contributed by atoms with Crippen molar-refractivity contribution in [3.05, 3.63) is 0 Å². The Balaban J connectivity index is 3.22. The van der Waals surface area contributed by atoms with Gasteiger partial charge in [0.1, 0.15) is 0 Å². The first kappa shape index (κ1) is 15.4. The summed E-state index contributed by atoms with van der Waals surface area (Å²) in [6.07, 6.45) is 5.70. The molecule has 0 atom stereocenters. The van der Waals surface area contributed by atoms with Crippen molar-refractivity contribution in [2.45, 2.75) is 57.3 Å². The molecule has 0 aliphatic rings. The van der Waals surface area contributed by atoms with Crippen LogP contribution in [0.15, 0.2) is 0 Å². The van der Waals surface area contributed by atoms with Gasteiger partial charge in [-0.25, -0.2) is 0 Å². The Labute approximate surface area is 96.9 Å². The summed E-state index contributed by atoms with van der Waals surface area (Å²) in [6.45, 7) is 0.249. The van der Waals surface area contributed by atoms with E-state index in [1.54, 1.807) is 0 Å². The van der Waals surface area contributed by atoms with Crippen molar-refractivity contribution in [1.29, 1.82) is 0 Å². The van der Waals surface area contributed by atoms with Crippen LogP contribution in [-0.4, -0.2) is 33.0 Å². The lowest BCUT2D eigenvalue weighted by Gasteiger charge is -2.12. The molecule has 0 aliphatic heterocycles. The number of aliphatic hydroxyl groups excluding tert-OH is 1. The maximum atomic E-state index is 8.60. The Morgan fingerprint density at radius 2 is 1.31 bits per heavy atom. The number of aliphatic hydroxyl groups is 4. The quantitative estimate of drug-likeness (QED) is 0.281. The second kappa shape index (κ2) is 9.61. The Kier molecular flexibility index (Phi) is 9.25. The first-order valence-electron chi connectivity index (χ1n) is 5.80. The van der Waals surface area contributed by atoms with Crippen LogP contribution in [-0.2, 0) is 0 Å². The Hall–Kier alpha value is -0.600. The van der Waals surface area contributed by atoms with E-state index in [4.69, 9.17) is 20.4 Å². The van der Waals surface area contributed by atoms with Crippen LogP contribution < -0.4 is 0 Å². The van der Waals surface area contributed by atoms with Crippen LogP contribution in [0.5, 0.6) is 0 Å². The van der Waals surface area contributed by atoms with Gasteiger partial charge in [-0.05, 0) is 25.7 Å². The maximum Gasteiger partial charge on any atom is 0.275 e. The topological polar surface area (TPSA) is 80.9 Å². The lowest BCUT2D eigenvalue weighted by molar-refractivity contribution is -0.314. The summed E-state index contributed by atoms with van der Waals surface area (Å²) < 4.78 is 0. The van der Waals surface area contributed by atoms with Gasteiger partial charge in [0.05, 0.1) is 0 Å². The summed E-state index contributed by atoms with van der Waals surface area (Å²) >= 11 is 0. The van der Waals surface area contributed by atoms with Crippen LogP contribution in [0.3, 0.4) is 0 Å². The summed E-state index contributed by atoms with van der Waals surface area (Å²) in [5.74, 6) is 3.48. The summed E-state index contributed by atoms with van der Waals surface area (Å²) in [5.41, 5.74) is 0. The molecule has 4 N–H and O–H groups in total. The number of hydrogen-bond donors (Lipinski definition) is 4. The molecule has 0 amide bonds. The largest absolute Gasteiger partial charge is 0.396 e. The molecular formula is C12H22O4. The normalized spacial score (nSPS) is 11.0. The van der Waals surface area contributed by atoms with Crippen molar-refractivity contribution in [2.75, 3.05) is 6.61 Å². The Morgan fingerprint density at radius 3 is 1.81 bits per heavy atom. The van der Waals surface area contributed by atoms with E-state index in [2.05, 4.69) is 11.8 Å². The lowest BCUT2D eigenvalue weighted by atomic mass is 10.1. The number of hydrogen-bond acceptors (Lipinski definition) is 4. The monoisotopic (exact) mass is 230 g/mol. The van der Waals surface area contributed by atoms with E-state index in [-0.39, 0.29) is 13.0 Å². The van der Waals surface area contributed by atoms with E-state index in [0.717, 1.165) is 38.5 Å². The van der Waals surface area contributed by atoms with Crippen LogP contribution in [0.25, 0.3) is 0 Å². The molecule has 0 aromatic carbocycles. The predicted molar refractivity (Wildman–Crippen MR) is 61.2 cm³/mol. The van der Waals surface area contributed by atoms with E-state index >= 15 is 0 Å². The minimum atomic E-state index is -2.53. The molecule has 0 bridgehead atoms. The first-order valence-corrected chi connectivity index (χ1v) is 5.80. The van der Waals surface area contributed by atoms with E-state index < -0.39 is 5.97 Å². The van der Waals surface area contributed by atoms with Gasteiger partial charge in [-0.2, -0.15) is 0 Å². The molecule has 16 heavy (non-hydrogen) atoms. The van der Waals surface area contributed by atoms with Gasteiger partial charge in [-0.15, -0.1) is 11.8 Å². The van der Waals surface area contributed by atoms with Crippen LogP contribution in [0, 0.1) is 11.8 Å². The fourth-order valence-corrected chi connectivity index (χ4v) is 1.25. The van der Waals surface area contributed by atoms with Crippen LogP contribution in [0.1, 0.15) is 51.4 Å². The molecule has 0 spiro atoms. The molecule has 0 radical (unpaired) electrons. The highest BCUT2D eigenvalue weighted by molar-refractivity contribution is 4.98. The molecule has 94 valence electrons. The highest BCUT2D eigenvalue weighted by atomic mass is 16.7. The van der Waals surface area contributed by atoms with Gasteiger partial charge in [-0.3, -0.25) is 0 Å². The third-order valence-electron chi connectivity index (χ3n) is 2.15. The standard InChI is InChI=1S/C12H22O4/c13-11-9-7-5-3-1-2-4-6-8-10-12(14,15)16/h13-16H,3-11H2. The van der Waals surface area contributed by atoms with Crippen molar-refractivity contribution in [3.63, 3.8) is 0 Å². The van der Waals surface area contributed by atoms with Gasteiger partial charge < -0.3 is 20.4 Å². The maximum absolute atomic E-state index is 8.60. The smallest absolute Gasteiger partial charge is 0.275 e. The van der Waals surface area contributed by atoms with Crippen molar-refractivity contribution in [1.82, 2.24) is 0 Å². The second-order valence-electron chi connectivity index (χ2n) is 3.87. The summed E-state index contributed by atoms with van der Waals surface area (Å²) in [4.78, 5) is 0. The fraction of sp³-hybridized carbons (Fsp3) is 0.833. The molecule has 0 rings (SSSR count). The zero-order valence-electron chi connectivity index (χ0n) is 9.65. The average Bonchev–Trinajstić information content (AvgIpc) is 2.19. The highest BCUT2D eigenvalue weighted by Crippen LogP contribution is 2.08. The van der Waals surface area contributed by atoms with Gasteiger partial charge >= 0.3 is 0 Å². The lowest BCUT2D eigenvalue weighted by Crippen LogP contribution is -2.26. The van der Waals surface area contributed by atoms with E-state index in [1.807, 2.05) is 0 Å². The van der Waals surface area contributed by atoms with Crippen molar-refractivity contribution >= 4 is 0 Å². The highest BCUT2D eigenvalue weighted by Gasteiger charge is 2.16. The Morgan fingerprint density at radius 1 is 0.750 bits per heavy atom. The predicted octanol–water partition coefficient (Wildman–Crippen LogP) is 0.734. The van der Waals surface area contributed by atoms with Gasteiger partial charge in [0.25, 0.3) is 5.97 Å². The van der Waals surface area contributed by atoms with Crippen LogP contribution in [0.4, 0.5) is 0 Å². The number of rotatable bonds is 8. The van der Waals surface area contributed by atoms with Gasteiger partial charge in [0, 0.05) is 25.9 Å². The molecule has 0 saturated heterocycles. The first-order chi connectivity index (χ1) is 7.56. The molecule has 0 fully saturated rings. The minimum absolute atomic E-state index is 0.0365. The summed E-state index contributed by atoms with van der Waals surface area (Å²) in [6, 6.07) is 0. The fourth-order valence-electron chi connectivity index (χ4n) is 1.25. The van der Waals surface area contributed by atoms with E-state index in [1.165, 1.54) is 0 Å². The van der Waals surface area contributed by atoms with Crippen LogP contribution in [0.2, 0.25) is 0 Å². The third-order valence-corrected chi connectivity index (χ3v) is 2.15. The molecule has 0 unspecified atom stereocenters. The molecule has 0 saturated carbocycles. The van der Waals surface area contributed by atoms with E-state index in [9.17, 15) is 0 Å². The third kappa shape index (κ3) is 13.4. The van der Waals surface area contributed by atoms with Gasteiger partial charge in [0.15, 0.2) is 0 Å². The SMILES string of the molecule is OCCCCCC#CCCCCC(O)(O)O. The number of unbranched alkanes of at least 4 members (excludes halogenated alkanes) is 5. The van der Waals surface area contributed by atoms with Crippen molar-refractivity contribution < 1.29 is 20.4 Å². The Bertz CT molecular complexity index is 209. The molecule has 0 aliphatic carbocycles. The van der Waals surface area contributed by atoms with Crippen molar-refractivity contribution in [3.8, 4) is 11.8 Å². The van der Waals surface area contributed by atoms with Gasteiger partial charge in [0.2, 0.25) is 0 Å². The molecular weight excluding hydrogens is 208 g/mol. The molecule has 0 aromatic heterocycles. The van der Waals surface area contributed by atoms with Crippen molar-refractivity contribution in [2.24, 2.45) is 0 Å². The van der Waals surface area contributed by atoms with E-state index in [0.29, 0.717) is 6.42 Å². The summed E-state index contributed by atoms with van der Waals surface area (Å²) in [7, 11) is 0. The van der Waals surface area contributed by atoms with Gasteiger partial charge in [-0.1, -0.05) is 6.42 Å².